The first-order chi connectivity index (χ1) is 14.4. The second kappa shape index (κ2) is 10.5. The average Bonchev–Trinajstić information content (AvgIpc) is 2.92. The Morgan fingerprint density at radius 1 is 1.13 bits per heavy atom. The summed E-state index contributed by atoms with van der Waals surface area (Å²) in [5.41, 5.74) is 1.83. The molecule has 1 heterocycles. The van der Waals surface area contributed by atoms with Crippen LogP contribution in [-0.4, -0.2) is 48.9 Å². The summed E-state index contributed by atoms with van der Waals surface area (Å²) in [7, 11) is 0.0738. The van der Waals surface area contributed by atoms with Crippen molar-refractivity contribution in [2.24, 2.45) is 0 Å². The number of ether oxygens (including phenoxy) is 1. The van der Waals surface area contributed by atoms with Crippen LogP contribution in [0.25, 0.3) is 0 Å². The van der Waals surface area contributed by atoms with Crippen molar-refractivity contribution >= 4 is 9.84 Å². The van der Waals surface area contributed by atoms with Crippen molar-refractivity contribution < 1.29 is 17.5 Å². The van der Waals surface area contributed by atoms with E-state index >= 15 is 0 Å². The first kappa shape index (κ1) is 22.9. The molecular weight excluding hydrogens is 405 g/mol. The van der Waals surface area contributed by atoms with Gasteiger partial charge in [-0.2, -0.15) is 0 Å². The highest BCUT2D eigenvalue weighted by atomic mass is 32.2. The van der Waals surface area contributed by atoms with E-state index < -0.39 is 9.84 Å². The molecule has 0 spiro atoms. The largest absolute Gasteiger partial charge is 0.383 e. The topological polar surface area (TPSA) is 64.4 Å². The van der Waals surface area contributed by atoms with E-state index in [0.717, 1.165) is 36.9 Å². The lowest BCUT2D eigenvalue weighted by atomic mass is 10.2. The zero-order valence-corrected chi connectivity index (χ0v) is 18.7. The van der Waals surface area contributed by atoms with Crippen LogP contribution < -0.4 is 0 Å². The molecule has 0 saturated heterocycles. The summed E-state index contributed by atoms with van der Waals surface area (Å²) in [6.07, 6.45) is 7.19. The van der Waals surface area contributed by atoms with Crippen molar-refractivity contribution in [2.75, 3.05) is 20.8 Å². The third kappa shape index (κ3) is 5.68. The van der Waals surface area contributed by atoms with Crippen LogP contribution in [0.3, 0.4) is 0 Å². The third-order valence-corrected chi connectivity index (χ3v) is 7.90. The van der Waals surface area contributed by atoms with Crippen LogP contribution in [0.4, 0.5) is 4.39 Å². The van der Waals surface area contributed by atoms with Gasteiger partial charge in [0.15, 0.2) is 0 Å². The Morgan fingerprint density at radius 3 is 2.43 bits per heavy atom. The van der Waals surface area contributed by atoms with Gasteiger partial charge in [-0.1, -0.05) is 37.8 Å². The lowest BCUT2D eigenvalue weighted by molar-refractivity contribution is 0.182. The van der Waals surface area contributed by atoms with E-state index in [1.165, 1.54) is 12.1 Å². The first-order valence-corrected chi connectivity index (χ1v) is 12.2. The lowest BCUT2D eigenvalue weighted by Gasteiger charge is -2.20. The maximum atomic E-state index is 13.4. The van der Waals surface area contributed by atoms with Crippen LogP contribution in [0.2, 0.25) is 0 Å². The Balaban J connectivity index is 1.80. The van der Waals surface area contributed by atoms with Gasteiger partial charge >= 0.3 is 0 Å². The molecule has 1 aromatic heterocycles. The van der Waals surface area contributed by atoms with Crippen molar-refractivity contribution in [2.45, 2.75) is 68.6 Å². The van der Waals surface area contributed by atoms with Gasteiger partial charge in [0.1, 0.15) is 5.82 Å². The molecule has 2 aromatic rings. The lowest BCUT2D eigenvalue weighted by Crippen LogP contribution is -2.26. The van der Waals surface area contributed by atoms with E-state index in [4.69, 9.17) is 4.74 Å². The molecule has 1 aromatic carbocycles. The Hall–Kier alpha value is -1.77. The number of imidazole rings is 1. The van der Waals surface area contributed by atoms with Crippen molar-refractivity contribution in [3.05, 3.63) is 47.5 Å². The second-order valence-corrected chi connectivity index (χ2v) is 10.3. The fraction of sp³-hybridized carbons (Fsp3) is 0.591. The van der Waals surface area contributed by atoms with E-state index in [0.29, 0.717) is 39.1 Å². The summed E-state index contributed by atoms with van der Waals surface area (Å²) in [5.74, 6) is -0.257. The molecule has 1 fully saturated rings. The van der Waals surface area contributed by atoms with E-state index in [1.54, 1.807) is 30.0 Å². The molecule has 0 aliphatic heterocycles. The summed E-state index contributed by atoms with van der Waals surface area (Å²) < 4.78 is 46.9. The molecule has 0 amide bonds. The van der Waals surface area contributed by atoms with Crippen LogP contribution in [0.5, 0.6) is 0 Å². The number of aromatic nitrogens is 2. The van der Waals surface area contributed by atoms with Gasteiger partial charge in [-0.15, -0.1) is 0 Å². The fourth-order valence-electron chi connectivity index (χ4n) is 4.10. The summed E-state index contributed by atoms with van der Waals surface area (Å²) in [5, 5.41) is -0.190. The van der Waals surface area contributed by atoms with Gasteiger partial charge in [-0.3, -0.25) is 4.90 Å². The molecule has 8 heteroatoms. The highest BCUT2D eigenvalue weighted by Crippen LogP contribution is 2.28. The molecule has 0 unspecified atom stereocenters. The van der Waals surface area contributed by atoms with Crippen molar-refractivity contribution in [3.63, 3.8) is 0 Å². The highest BCUT2D eigenvalue weighted by Gasteiger charge is 2.32. The van der Waals surface area contributed by atoms with Crippen LogP contribution in [0.1, 0.15) is 49.8 Å². The number of rotatable bonds is 9. The summed E-state index contributed by atoms with van der Waals surface area (Å²) in [4.78, 5) is 6.43. The SMILES string of the molecule is COCCn1c(CN(C)Cc2ccc(F)cc2)cnc1S(=O)(=O)C1CCCCCC1. The molecule has 30 heavy (non-hydrogen) atoms. The van der Waals surface area contributed by atoms with Crippen LogP contribution in [0, 0.1) is 5.82 Å². The highest BCUT2D eigenvalue weighted by molar-refractivity contribution is 7.91. The smallest absolute Gasteiger partial charge is 0.228 e. The molecule has 0 atom stereocenters. The minimum atomic E-state index is -3.49. The van der Waals surface area contributed by atoms with E-state index in [1.807, 2.05) is 7.05 Å². The van der Waals surface area contributed by atoms with Gasteiger partial charge in [-0.05, 0) is 37.6 Å². The Bertz CT molecular complexity index is 904. The normalized spacial score (nSPS) is 16.1. The van der Waals surface area contributed by atoms with Gasteiger partial charge < -0.3 is 9.30 Å². The molecular formula is C22H32FN3O3S. The molecule has 1 aliphatic carbocycles. The second-order valence-electron chi connectivity index (χ2n) is 8.13. The summed E-state index contributed by atoms with van der Waals surface area (Å²) in [6, 6.07) is 6.42. The van der Waals surface area contributed by atoms with Crippen molar-refractivity contribution in [1.29, 1.82) is 0 Å². The minimum Gasteiger partial charge on any atom is -0.383 e. The quantitative estimate of drug-likeness (QED) is 0.559. The van der Waals surface area contributed by atoms with Crippen molar-refractivity contribution in [1.82, 2.24) is 14.5 Å². The number of nitrogens with zero attached hydrogens (tertiary/aromatic N) is 3. The van der Waals surface area contributed by atoms with Gasteiger partial charge in [-0.25, -0.2) is 17.8 Å². The van der Waals surface area contributed by atoms with Crippen LogP contribution in [0.15, 0.2) is 35.6 Å². The van der Waals surface area contributed by atoms with Crippen LogP contribution in [-0.2, 0) is 34.2 Å². The maximum absolute atomic E-state index is 13.4. The molecule has 166 valence electrons. The number of hydrogen-bond acceptors (Lipinski definition) is 5. The monoisotopic (exact) mass is 437 g/mol. The molecule has 0 N–H and O–H groups in total. The predicted octanol–water partition coefficient (Wildman–Crippen LogP) is 3.80. The first-order valence-electron chi connectivity index (χ1n) is 10.6. The predicted molar refractivity (Wildman–Crippen MR) is 114 cm³/mol. The average molecular weight is 438 g/mol. The Morgan fingerprint density at radius 2 is 1.80 bits per heavy atom. The molecule has 3 rings (SSSR count). The Kier molecular flexibility index (Phi) is 8.02. The third-order valence-electron chi connectivity index (χ3n) is 5.71. The number of halogens is 1. The van der Waals surface area contributed by atoms with Gasteiger partial charge in [0, 0.05) is 26.7 Å². The Labute approximate surface area is 179 Å². The number of benzene rings is 1. The van der Waals surface area contributed by atoms with E-state index in [9.17, 15) is 12.8 Å². The maximum Gasteiger partial charge on any atom is 0.228 e. The van der Waals surface area contributed by atoms with Crippen molar-refractivity contribution in [3.8, 4) is 0 Å². The minimum absolute atomic E-state index is 0.164. The fourth-order valence-corrected chi connectivity index (χ4v) is 6.07. The van der Waals surface area contributed by atoms with Gasteiger partial charge in [0.2, 0.25) is 15.0 Å². The zero-order chi connectivity index (χ0) is 21.6. The number of hydrogen-bond donors (Lipinski definition) is 0. The summed E-state index contributed by atoms with van der Waals surface area (Å²) in [6.45, 7) is 2.02. The van der Waals surface area contributed by atoms with E-state index in [-0.39, 0.29) is 16.2 Å². The standard InChI is InChI=1S/C22H32FN3O3S/c1-25(16-18-9-11-19(23)12-10-18)17-20-15-24-22(26(20)13-14-29-2)30(27,28)21-7-5-3-4-6-8-21/h9-12,15,21H,3-8,13-14,16-17H2,1-2H3. The number of methoxy groups -OCH3 is 1. The molecule has 6 nitrogen and oxygen atoms in total. The van der Waals surface area contributed by atoms with Gasteiger partial charge in [0.25, 0.3) is 0 Å². The molecule has 0 bridgehead atoms. The molecule has 0 radical (unpaired) electrons. The zero-order valence-electron chi connectivity index (χ0n) is 17.9. The van der Waals surface area contributed by atoms with Crippen LogP contribution >= 0.6 is 0 Å². The van der Waals surface area contributed by atoms with E-state index in [2.05, 4.69) is 9.88 Å². The molecule has 1 saturated carbocycles. The van der Waals surface area contributed by atoms with Gasteiger partial charge in [0.05, 0.1) is 23.7 Å². The summed E-state index contributed by atoms with van der Waals surface area (Å²) >= 11 is 0. The number of sulfone groups is 1. The molecule has 1 aliphatic rings.